The van der Waals surface area contributed by atoms with E-state index in [1.807, 2.05) is 6.92 Å². The zero-order valence-electron chi connectivity index (χ0n) is 12.0. The van der Waals surface area contributed by atoms with E-state index in [9.17, 15) is 13.2 Å². The number of aryl methyl sites for hydroxylation is 1. The Hall–Kier alpha value is -1.61. The van der Waals surface area contributed by atoms with Crippen LogP contribution in [0.5, 0.6) is 0 Å². The summed E-state index contributed by atoms with van der Waals surface area (Å²) >= 11 is 0. The lowest BCUT2D eigenvalue weighted by atomic mass is 10.4. The molecule has 0 saturated heterocycles. The van der Waals surface area contributed by atoms with E-state index in [1.165, 1.54) is 18.0 Å². The van der Waals surface area contributed by atoms with Crippen molar-refractivity contribution in [2.24, 2.45) is 0 Å². The molecule has 0 spiro atoms. The van der Waals surface area contributed by atoms with E-state index >= 15 is 0 Å². The summed E-state index contributed by atoms with van der Waals surface area (Å²) in [4.78, 5) is 11.3. The minimum absolute atomic E-state index is 0.0811. The Morgan fingerprint density at radius 1 is 1.55 bits per heavy atom. The lowest BCUT2D eigenvalue weighted by Crippen LogP contribution is -2.41. The van der Waals surface area contributed by atoms with Gasteiger partial charge in [0.2, 0.25) is 10.0 Å². The van der Waals surface area contributed by atoms with Crippen LogP contribution in [0.15, 0.2) is 11.1 Å². The van der Waals surface area contributed by atoms with E-state index in [4.69, 9.17) is 5.73 Å². The molecule has 9 heteroatoms. The number of methoxy groups -OCH3 is 1. The first-order valence-corrected chi connectivity index (χ1v) is 7.59. The summed E-state index contributed by atoms with van der Waals surface area (Å²) in [5, 5.41) is 3.91. The normalized spacial score (nSPS) is 12.1. The second-order valence-corrected chi connectivity index (χ2v) is 6.31. The lowest BCUT2D eigenvalue weighted by Gasteiger charge is -2.24. The molecular formula is C11H20N4O4S. The third-order valence-corrected chi connectivity index (χ3v) is 4.79. The van der Waals surface area contributed by atoms with Crippen molar-refractivity contribution in [3.05, 3.63) is 6.20 Å². The molecule has 20 heavy (non-hydrogen) atoms. The molecule has 0 aliphatic carbocycles. The number of sulfonamides is 1. The molecule has 1 heterocycles. The minimum Gasteiger partial charge on any atom is -0.468 e. The van der Waals surface area contributed by atoms with Gasteiger partial charge in [-0.25, -0.2) is 8.42 Å². The van der Waals surface area contributed by atoms with Gasteiger partial charge < -0.3 is 10.5 Å². The predicted molar refractivity (Wildman–Crippen MR) is 73.4 cm³/mol. The number of nitrogens with two attached hydrogens (primary N) is 1. The summed E-state index contributed by atoms with van der Waals surface area (Å²) in [6, 6.07) is -0.413. The number of aromatic nitrogens is 2. The standard InChI is InChI=1S/C11H20N4O4S/c1-5-14-6-9(11(12)13-14)20(17,18)15(8(2)3)7-10(16)19-4/h6,8H,5,7H2,1-4H3,(H2,12,13). The highest BCUT2D eigenvalue weighted by Crippen LogP contribution is 2.22. The van der Waals surface area contributed by atoms with Crippen molar-refractivity contribution in [3.63, 3.8) is 0 Å². The van der Waals surface area contributed by atoms with Gasteiger partial charge >= 0.3 is 5.97 Å². The molecule has 0 aliphatic heterocycles. The molecule has 0 radical (unpaired) electrons. The van der Waals surface area contributed by atoms with Crippen LogP contribution in [0.2, 0.25) is 0 Å². The van der Waals surface area contributed by atoms with Gasteiger partial charge in [0.05, 0.1) is 7.11 Å². The smallest absolute Gasteiger partial charge is 0.321 e. The topological polar surface area (TPSA) is 108 Å². The van der Waals surface area contributed by atoms with Crippen molar-refractivity contribution in [2.75, 3.05) is 19.4 Å². The molecule has 114 valence electrons. The van der Waals surface area contributed by atoms with E-state index in [2.05, 4.69) is 9.84 Å². The number of carbonyl (C=O) groups excluding carboxylic acids is 1. The molecule has 0 amide bonds. The maximum atomic E-state index is 12.6. The maximum absolute atomic E-state index is 12.6. The number of ether oxygens (including phenoxy) is 1. The summed E-state index contributed by atoms with van der Waals surface area (Å²) in [5.74, 6) is -0.717. The van der Waals surface area contributed by atoms with E-state index in [0.717, 1.165) is 4.31 Å². The third-order valence-electron chi connectivity index (χ3n) is 2.75. The number of nitrogens with zero attached hydrogens (tertiary/aromatic N) is 3. The monoisotopic (exact) mass is 304 g/mol. The van der Waals surface area contributed by atoms with Gasteiger partial charge in [-0.15, -0.1) is 0 Å². The number of anilines is 1. The van der Waals surface area contributed by atoms with E-state index in [1.54, 1.807) is 13.8 Å². The summed E-state index contributed by atoms with van der Waals surface area (Å²) in [6.45, 7) is 5.28. The fourth-order valence-electron chi connectivity index (χ4n) is 1.64. The van der Waals surface area contributed by atoms with Crippen molar-refractivity contribution < 1.29 is 17.9 Å². The molecule has 8 nitrogen and oxygen atoms in total. The van der Waals surface area contributed by atoms with Crippen LogP contribution in [0.3, 0.4) is 0 Å². The van der Waals surface area contributed by atoms with Crippen LogP contribution < -0.4 is 5.73 Å². The van der Waals surface area contributed by atoms with Gasteiger partial charge in [0.15, 0.2) is 5.82 Å². The molecule has 0 aromatic carbocycles. The molecule has 0 aliphatic rings. The van der Waals surface area contributed by atoms with Gasteiger partial charge in [0, 0.05) is 18.8 Å². The largest absolute Gasteiger partial charge is 0.468 e. The molecular weight excluding hydrogens is 284 g/mol. The highest BCUT2D eigenvalue weighted by atomic mass is 32.2. The van der Waals surface area contributed by atoms with Gasteiger partial charge in [-0.1, -0.05) is 0 Å². The highest BCUT2D eigenvalue weighted by Gasteiger charge is 2.32. The van der Waals surface area contributed by atoms with Gasteiger partial charge in [0.25, 0.3) is 0 Å². The fourth-order valence-corrected chi connectivity index (χ4v) is 3.29. The molecule has 0 saturated carbocycles. The van der Waals surface area contributed by atoms with Crippen molar-refractivity contribution in [1.29, 1.82) is 0 Å². The lowest BCUT2D eigenvalue weighted by molar-refractivity contribution is -0.141. The molecule has 0 fully saturated rings. The SMILES string of the molecule is CCn1cc(S(=O)(=O)N(CC(=O)OC)C(C)C)c(N)n1. The first-order valence-electron chi connectivity index (χ1n) is 6.15. The minimum atomic E-state index is -3.90. The zero-order chi connectivity index (χ0) is 15.5. The summed E-state index contributed by atoms with van der Waals surface area (Å²) in [7, 11) is -2.70. The number of rotatable bonds is 6. The first-order chi connectivity index (χ1) is 9.23. The Bertz CT molecular complexity index is 579. The fraction of sp³-hybridized carbons (Fsp3) is 0.636. The van der Waals surface area contributed by atoms with E-state index in [0.29, 0.717) is 6.54 Å². The maximum Gasteiger partial charge on any atom is 0.321 e. The summed E-state index contributed by atoms with van der Waals surface area (Å²) < 4.78 is 32.1. The van der Waals surface area contributed by atoms with Crippen LogP contribution in [0, 0.1) is 0 Å². The summed E-state index contributed by atoms with van der Waals surface area (Å²) in [6.07, 6.45) is 1.36. The van der Waals surface area contributed by atoms with Gasteiger partial charge in [0.1, 0.15) is 11.4 Å². The Morgan fingerprint density at radius 3 is 2.55 bits per heavy atom. The highest BCUT2D eigenvalue weighted by molar-refractivity contribution is 7.89. The zero-order valence-corrected chi connectivity index (χ0v) is 12.8. The molecule has 2 N–H and O–H groups in total. The first kappa shape index (κ1) is 16.4. The molecule has 0 unspecified atom stereocenters. The number of carbonyl (C=O) groups is 1. The van der Waals surface area contributed by atoms with Crippen LogP contribution in [-0.4, -0.2) is 48.2 Å². The Morgan fingerprint density at radius 2 is 2.15 bits per heavy atom. The summed E-state index contributed by atoms with van der Waals surface area (Å²) in [5.41, 5.74) is 5.65. The average molecular weight is 304 g/mol. The second kappa shape index (κ2) is 6.23. The Balaban J connectivity index is 3.22. The van der Waals surface area contributed by atoms with Crippen molar-refractivity contribution >= 4 is 21.8 Å². The van der Waals surface area contributed by atoms with Crippen LogP contribution in [0.4, 0.5) is 5.82 Å². The average Bonchev–Trinajstić information content (AvgIpc) is 2.77. The van der Waals surface area contributed by atoms with E-state index < -0.39 is 22.0 Å². The van der Waals surface area contributed by atoms with Crippen molar-refractivity contribution in [2.45, 2.75) is 38.3 Å². The number of hydrogen-bond donors (Lipinski definition) is 1. The van der Waals surface area contributed by atoms with Crippen LogP contribution in [0.1, 0.15) is 20.8 Å². The van der Waals surface area contributed by atoms with Crippen LogP contribution in [0.25, 0.3) is 0 Å². The van der Waals surface area contributed by atoms with Crippen LogP contribution in [-0.2, 0) is 26.1 Å². The Kier molecular flexibility index (Phi) is 5.12. The van der Waals surface area contributed by atoms with Crippen LogP contribution >= 0.6 is 0 Å². The molecule has 0 bridgehead atoms. The third kappa shape index (κ3) is 3.28. The van der Waals surface area contributed by atoms with Gasteiger partial charge in [-0.3, -0.25) is 9.48 Å². The second-order valence-electron chi connectivity index (χ2n) is 4.45. The van der Waals surface area contributed by atoms with Crippen molar-refractivity contribution in [1.82, 2.24) is 14.1 Å². The van der Waals surface area contributed by atoms with Gasteiger partial charge in [-0.2, -0.15) is 9.40 Å². The number of hydrogen-bond acceptors (Lipinski definition) is 6. The van der Waals surface area contributed by atoms with E-state index in [-0.39, 0.29) is 17.3 Å². The Labute approximate surface area is 118 Å². The molecule has 0 atom stereocenters. The molecule has 1 rings (SSSR count). The number of nitrogen functional groups attached to an aromatic ring is 1. The molecule has 1 aromatic rings. The number of esters is 1. The van der Waals surface area contributed by atoms with Gasteiger partial charge in [-0.05, 0) is 20.8 Å². The molecule has 1 aromatic heterocycles. The predicted octanol–water partition coefficient (Wildman–Crippen LogP) is 0.0573. The quantitative estimate of drug-likeness (QED) is 0.744. The van der Waals surface area contributed by atoms with Crippen molar-refractivity contribution in [3.8, 4) is 0 Å².